The number of piperazine rings is 1. The van der Waals surface area contributed by atoms with Gasteiger partial charge in [0, 0.05) is 32.1 Å². The van der Waals surface area contributed by atoms with E-state index in [1.165, 1.54) is 4.90 Å². The van der Waals surface area contributed by atoms with Crippen LogP contribution >= 0.6 is 0 Å². The van der Waals surface area contributed by atoms with Crippen LogP contribution in [-0.2, 0) is 14.3 Å². The van der Waals surface area contributed by atoms with E-state index in [1.54, 1.807) is 4.90 Å². The van der Waals surface area contributed by atoms with Crippen molar-refractivity contribution in [2.75, 3.05) is 39.3 Å². The Kier molecular flexibility index (Phi) is 7.60. The summed E-state index contributed by atoms with van der Waals surface area (Å²) in [6, 6.07) is 13.9. The molecule has 1 fully saturated rings. The Morgan fingerprint density at radius 2 is 1.54 bits per heavy atom. The average molecular weight is 488 g/mol. The van der Waals surface area contributed by atoms with Gasteiger partial charge in [-0.1, -0.05) is 48.5 Å². The van der Waals surface area contributed by atoms with Crippen LogP contribution in [0.25, 0.3) is 11.1 Å². The Hall–Kier alpha value is -3.53. The Morgan fingerprint density at radius 3 is 2.09 bits per heavy atom. The van der Waals surface area contributed by atoms with E-state index in [0.29, 0.717) is 13.1 Å². The number of ether oxygens (including phenoxy) is 1. The summed E-state index contributed by atoms with van der Waals surface area (Å²) in [5.74, 6) is -1.69. The molecule has 10 heteroatoms. The number of fused-ring (bicyclic) bond motifs is 3. The lowest BCUT2D eigenvalue weighted by molar-refractivity contribution is -0.139. The summed E-state index contributed by atoms with van der Waals surface area (Å²) in [6.07, 6.45) is -4.52. The zero-order valence-corrected chi connectivity index (χ0v) is 19.0. The van der Waals surface area contributed by atoms with E-state index in [1.807, 2.05) is 48.5 Å². The molecule has 2 N–H and O–H groups in total. The third-order valence-electron chi connectivity index (χ3n) is 6.43. The number of hydrogen-bond donors (Lipinski definition) is 2. The van der Waals surface area contributed by atoms with Gasteiger partial charge in [0.05, 0.1) is 13.0 Å². The molecule has 2 aliphatic rings. The topological polar surface area (TPSA) is 99.2 Å². The van der Waals surface area contributed by atoms with Crippen LogP contribution in [-0.4, -0.2) is 84.7 Å². The highest BCUT2D eigenvalue weighted by atomic mass is 19.3. The maximum atomic E-state index is 13.6. The van der Waals surface area contributed by atoms with Crippen molar-refractivity contribution < 1.29 is 33.0 Å². The number of alkyl halides is 2. The molecule has 4 rings (SSSR count). The molecular formula is C25H27F2N3O5. The summed E-state index contributed by atoms with van der Waals surface area (Å²) in [4.78, 5) is 38.8. The van der Waals surface area contributed by atoms with Crippen LogP contribution in [0.15, 0.2) is 48.5 Å². The van der Waals surface area contributed by atoms with Crippen LogP contribution in [0.3, 0.4) is 0 Å². The molecule has 0 aromatic heterocycles. The van der Waals surface area contributed by atoms with Gasteiger partial charge in [-0.3, -0.25) is 14.5 Å². The van der Waals surface area contributed by atoms with Crippen molar-refractivity contribution in [3.8, 4) is 11.1 Å². The van der Waals surface area contributed by atoms with E-state index in [4.69, 9.17) is 9.84 Å². The number of aliphatic carboxylic acids is 1. The summed E-state index contributed by atoms with van der Waals surface area (Å²) in [6.45, 7) is 1.02. The first kappa shape index (κ1) is 24.6. The zero-order valence-electron chi connectivity index (χ0n) is 19.0. The quantitative estimate of drug-likeness (QED) is 0.594. The number of carbonyl (C=O) groups is 3. The Bertz CT molecular complexity index is 1040. The number of rotatable bonds is 8. The van der Waals surface area contributed by atoms with Gasteiger partial charge in [-0.25, -0.2) is 13.6 Å². The standard InChI is InChI=1S/C25H27F2N3O5/c26-24(27)21(13-22(31)30-11-9-29(10-12-30)14-23(32)33)28-25(34)35-15-20-18-7-3-1-5-16(18)17-6-2-4-8-19(17)20/h1-8,20-21,24H,9-15H2,(H,28,34)(H,32,33). The number of alkyl carbamates (subject to hydrolysis) is 1. The lowest BCUT2D eigenvalue weighted by Gasteiger charge is -2.34. The lowest BCUT2D eigenvalue weighted by Crippen LogP contribution is -2.52. The van der Waals surface area contributed by atoms with Gasteiger partial charge in [0.25, 0.3) is 6.43 Å². The minimum Gasteiger partial charge on any atom is -0.480 e. The zero-order chi connectivity index (χ0) is 24.9. The van der Waals surface area contributed by atoms with E-state index >= 15 is 0 Å². The van der Waals surface area contributed by atoms with Crippen LogP contribution in [0.5, 0.6) is 0 Å². The predicted octanol–water partition coefficient (Wildman–Crippen LogP) is 2.78. The van der Waals surface area contributed by atoms with Crippen LogP contribution in [0.4, 0.5) is 13.6 Å². The summed E-state index contributed by atoms with van der Waals surface area (Å²) < 4.78 is 32.6. The monoisotopic (exact) mass is 487 g/mol. The first-order valence-electron chi connectivity index (χ1n) is 11.4. The molecule has 0 radical (unpaired) electrons. The van der Waals surface area contributed by atoms with Gasteiger partial charge in [0.1, 0.15) is 12.6 Å². The Morgan fingerprint density at radius 1 is 0.971 bits per heavy atom. The van der Waals surface area contributed by atoms with Gasteiger partial charge >= 0.3 is 12.1 Å². The number of halogens is 2. The fourth-order valence-electron chi connectivity index (χ4n) is 4.66. The van der Waals surface area contributed by atoms with Crippen LogP contribution in [0.1, 0.15) is 23.5 Å². The first-order valence-corrected chi connectivity index (χ1v) is 11.4. The van der Waals surface area contributed by atoms with Crippen molar-refractivity contribution in [2.45, 2.75) is 24.8 Å². The number of hydrogen-bond acceptors (Lipinski definition) is 5. The molecular weight excluding hydrogens is 460 g/mol. The van der Waals surface area contributed by atoms with Gasteiger partial charge < -0.3 is 20.1 Å². The molecule has 1 aliphatic carbocycles. The largest absolute Gasteiger partial charge is 0.480 e. The Labute approximate surface area is 201 Å². The summed E-state index contributed by atoms with van der Waals surface area (Å²) in [7, 11) is 0. The lowest BCUT2D eigenvalue weighted by atomic mass is 9.98. The maximum Gasteiger partial charge on any atom is 0.407 e. The highest BCUT2D eigenvalue weighted by molar-refractivity contribution is 5.80. The van der Waals surface area contributed by atoms with Crippen molar-refractivity contribution in [1.82, 2.24) is 15.1 Å². The molecule has 0 saturated carbocycles. The molecule has 1 atom stereocenters. The minimum atomic E-state index is -2.95. The number of carboxylic acids is 1. The molecule has 0 spiro atoms. The molecule has 186 valence electrons. The highest BCUT2D eigenvalue weighted by Gasteiger charge is 2.32. The fourth-order valence-corrected chi connectivity index (χ4v) is 4.66. The molecule has 2 amide bonds. The Balaban J connectivity index is 1.31. The molecule has 1 aliphatic heterocycles. The smallest absolute Gasteiger partial charge is 0.407 e. The summed E-state index contributed by atoms with van der Waals surface area (Å²) in [5, 5.41) is 11.0. The molecule has 1 heterocycles. The van der Waals surface area contributed by atoms with Crippen molar-refractivity contribution >= 4 is 18.0 Å². The van der Waals surface area contributed by atoms with Crippen molar-refractivity contribution in [1.29, 1.82) is 0 Å². The summed E-state index contributed by atoms with van der Waals surface area (Å²) >= 11 is 0. The maximum absolute atomic E-state index is 13.6. The molecule has 8 nitrogen and oxygen atoms in total. The van der Waals surface area contributed by atoms with Crippen LogP contribution in [0, 0.1) is 0 Å². The molecule has 35 heavy (non-hydrogen) atoms. The van der Waals surface area contributed by atoms with Crippen LogP contribution < -0.4 is 5.32 Å². The van der Waals surface area contributed by atoms with E-state index in [2.05, 4.69) is 5.32 Å². The third-order valence-corrected chi connectivity index (χ3v) is 6.43. The van der Waals surface area contributed by atoms with Gasteiger partial charge in [-0.2, -0.15) is 0 Å². The number of nitrogens with one attached hydrogen (secondary N) is 1. The number of amides is 2. The highest BCUT2D eigenvalue weighted by Crippen LogP contribution is 2.44. The second-order valence-corrected chi connectivity index (χ2v) is 8.67. The molecule has 0 bridgehead atoms. The van der Waals surface area contributed by atoms with E-state index < -0.39 is 36.9 Å². The van der Waals surface area contributed by atoms with E-state index in [0.717, 1.165) is 22.3 Å². The predicted molar refractivity (Wildman–Crippen MR) is 123 cm³/mol. The molecule has 1 unspecified atom stereocenters. The third kappa shape index (κ3) is 5.76. The van der Waals surface area contributed by atoms with Gasteiger partial charge in [0.15, 0.2) is 0 Å². The number of carbonyl (C=O) groups excluding carboxylic acids is 2. The summed E-state index contributed by atoms with van der Waals surface area (Å²) in [5.41, 5.74) is 4.11. The average Bonchev–Trinajstić information content (AvgIpc) is 3.16. The van der Waals surface area contributed by atoms with Crippen molar-refractivity contribution in [3.05, 3.63) is 59.7 Å². The first-order chi connectivity index (χ1) is 16.8. The van der Waals surface area contributed by atoms with Gasteiger partial charge in [-0.05, 0) is 22.3 Å². The number of carboxylic acid groups (broad SMARTS) is 1. The number of benzene rings is 2. The van der Waals surface area contributed by atoms with E-state index in [9.17, 15) is 23.2 Å². The minimum absolute atomic E-state index is 0.0186. The van der Waals surface area contributed by atoms with Crippen molar-refractivity contribution in [2.24, 2.45) is 0 Å². The SMILES string of the molecule is O=C(O)CN1CCN(C(=O)CC(NC(=O)OCC2c3ccccc3-c3ccccc32)C(F)F)CC1. The van der Waals surface area contributed by atoms with Gasteiger partial charge in [0.2, 0.25) is 5.91 Å². The van der Waals surface area contributed by atoms with Crippen LogP contribution in [0.2, 0.25) is 0 Å². The number of nitrogens with zero attached hydrogens (tertiary/aromatic N) is 2. The second kappa shape index (κ2) is 10.8. The molecule has 2 aromatic carbocycles. The second-order valence-electron chi connectivity index (χ2n) is 8.67. The molecule has 2 aromatic rings. The van der Waals surface area contributed by atoms with Gasteiger partial charge in [-0.15, -0.1) is 0 Å². The van der Waals surface area contributed by atoms with E-state index in [-0.39, 0.29) is 32.2 Å². The fraction of sp³-hybridized carbons (Fsp3) is 0.400. The molecule has 1 saturated heterocycles. The van der Waals surface area contributed by atoms with Crippen molar-refractivity contribution in [3.63, 3.8) is 0 Å². The normalized spacial score (nSPS) is 16.5.